The molecule has 1 aromatic heterocycles. The zero-order chi connectivity index (χ0) is 17.5. The maximum Gasteiger partial charge on any atom is 0.253 e. The van der Waals surface area contributed by atoms with Crippen LogP contribution in [0.3, 0.4) is 0 Å². The first-order chi connectivity index (χ1) is 11.5. The molecule has 0 spiro atoms. The molecule has 0 amide bonds. The number of azo groups is 1. The van der Waals surface area contributed by atoms with Crippen molar-refractivity contribution in [2.75, 3.05) is 50.2 Å². The monoisotopic (exact) mass is 352 g/mol. The summed E-state index contributed by atoms with van der Waals surface area (Å²) < 4.78 is 0. The van der Waals surface area contributed by atoms with Crippen molar-refractivity contribution in [3.8, 4) is 5.75 Å². The van der Waals surface area contributed by atoms with Crippen LogP contribution < -0.4 is 9.80 Å². The number of benzene rings is 1. The first-order valence-electron chi connectivity index (χ1n) is 7.27. The average molecular weight is 352 g/mol. The largest absolute Gasteiger partial charge is 0.506 e. The predicted octanol–water partition coefficient (Wildman–Crippen LogP) is 1.52. The van der Waals surface area contributed by atoms with E-state index in [0.717, 1.165) is 0 Å². The van der Waals surface area contributed by atoms with Crippen LogP contribution in [0.25, 0.3) is 0 Å². The van der Waals surface area contributed by atoms with E-state index >= 15 is 0 Å². The first kappa shape index (κ1) is 18.0. The zero-order valence-corrected chi connectivity index (χ0v) is 14.3. The normalized spacial score (nSPS) is 11.2. The van der Waals surface area contributed by atoms with Crippen molar-refractivity contribution in [1.82, 2.24) is 10.2 Å². The van der Waals surface area contributed by atoms with Crippen molar-refractivity contribution in [3.05, 3.63) is 18.2 Å². The van der Waals surface area contributed by atoms with Crippen molar-refractivity contribution in [3.63, 3.8) is 0 Å². The summed E-state index contributed by atoms with van der Waals surface area (Å²) in [5, 5.41) is 45.2. The molecule has 3 N–H and O–H groups in total. The minimum atomic E-state index is -0.0481. The lowest BCUT2D eigenvalue weighted by molar-refractivity contribution is 0.281. The summed E-state index contributed by atoms with van der Waals surface area (Å²) >= 11 is 1.29. The molecule has 0 aliphatic heterocycles. The van der Waals surface area contributed by atoms with Gasteiger partial charge in [-0.15, -0.1) is 20.4 Å². The second kappa shape index (κ2) is 8.52. The van der Waals surface area contributed by atoms with Gasteiger partial charge in [0.2, 0.25) is 5.13 Å². The summed E-state index contributed by atoms with van der Waals surface area (Å²) in [6.07, 6.45) is 0. The van der Waals surface area contributed by atoms with Crippen LogP contribution in [0.5, 0.6) is 5.75 Å². The molecule has 0 fully saturated rings. The third-order valence-electron chi connectivity index (χ3n) is 3.09. The maximum atomic E-state index is 10.1. The van der Waals surface area contributed by atoms with Crippen molar-refractivity contribution in [2.45, 2.75) is 0 Å². The first-order valence-corrected chi connectivity index (χ1v) is 8.09. The van der Waals surface area contributed by atoms with E-state index in [9.17, 15) is 5.11 Å². The molecule has 10 heteroatoms. The molecule has 1 heterocycles. The quantitative estimate of drug-likeness (QED) is 0.616. The van der Waals surface area contributed by atoms with Gasteiger partial charge >= 0.3 is 0 Å². The van der Waals surface area contributed by atoms with Crippen LogP contribution in [0.2, 0.25) is 0 Å². The number of hydrogen-bond donors (Lipinski definition) is 3. The number of anilines is 2. The Morgan fingerprint density at radius 1 is 1.08 bits per heavy atom. The Hall–Kier alpha value is -2.30. The van der Waals surface area contributed by atoms with Crippen molar-refractivity contribution < 1.29 is 15.3 Å². The topological polar surface area (TPSA) is 118 Å². The maximum absolute atomic E-state index is 10.1. The zero-order valence-electron chi connectivity index (χ0n) is 13.5. The van der Waals surface area contributed by atoms with Gasteiger partial charge in [-0.1, -0.05) is 11.3 Å². The summed E-state index contributed by atoms with van der Waals surface area (Å²) in [5.41, 5.74) is 0.980. The fourth-order valence-electron chi connectivity index (χ4n) is 1.93. The van der Waals surface area contributed by atoms with Gasteiger partial charge in [-0.05, 0) is 12.1 Å². The molecule has 0 saturated heterocycles. The minimum absolute atomic E-state index is 0.0468. The van der Waals surface area contributed by atoms with E-state index in [1.807, 2.05) is 19.0 Å². The summed E-state index contributed by atoms with van der Waals surface area (Å²) in [5.74, 6) is -0.0468. The summed E-state index contributed by atoms with van der Waals surface area (Å²) in [6, 6.07) is 4.87. The highest BCUT2D eigenvalue weighted by Crippen LogP contribution is 2.33. The number of rotatable bonds is 8. The van der Waals surface area contributed by atoms with Gasteiger partial charge in [0, 0.05) is 38.9 Å². The minimum Gasteiger partial charge on any atom is -0.506 e. The molecule has 0 aliphatic rings. The van der Waals surface area contributed by atoms with E-state index in [4.69, 9.17) is 10.2 Å². The highest BCUT2D eigenvalue weighted by atomic mass is 32.1. The molecule has 130 valence electrons. The number of aliphatic hydroxyl groups excluding tert-OH is 2. The van der Waals surface area contributed by atoms with Gasteiger partial charge in [0.05, 0.1) is 13.2 Å². The van der Waals surface area contributed by atoms with E-state index in [1.54, 1.807) is 17.0 Å². The van der Waals surface area contributed by atoms with Crippen LogP contribution in [-0.4, -0.2) is 65.9 Å². The lowest BCUT2D eigenvalue weighted by Gasteiger charge is -2.23. The van der Waals surface area contributed by atoms with Gasteiger partial charge in [0.15, 0.2) is 0 Å². The third-order valence-corrected chi connectivity index (χ3v) is 4.07. The smallest absolute Gasteiger partial charge is 0.253 e. The summed E-state index contributed by atoms with van der Waals surface area (Å²) in [4.78, 5) is 3.58. The fourth-order valence-corrected chi connectivity index (χ4v) is 2.52. The van der Waals surface area contributed by atoms with Gasteiger partial charge in [0.25, 0.3) is 5.13 Å². The van der Waals surface area contributed by atoms with E-state index in [2.05, 4.69) is 20.4 Å². The number of aromatic nitrogens is 2. The Morgan fingerprint density at radius 2 is 1.79 bits per heavy atom. The van der Waals surface area contributed by atoms with Crippen LogP contribution in [-0.2, 0) is 0 Å². The highest BCUT2D eigenvalue weighted by Gasteiger charge is 2.09. The molecule has 2 aromatic rings. The van der Waals surface area contributed by atoms with E-state index < -0.39 is 0 Å². The van der Waals surface area contributed by atoms with Crippen LogP contribution >= 0.6 is 11.3 Å². The molecule has 0 atom stereocenters. The summed E-state index contributed by atoms with van der Waals surface area (Å²) in [6.45, 7) is 0.624. The molecule has 0 saturated carbocycles. The van der Waals surface area contributed by atoms with E-state index in [1.165, 1.54) is 17.4 Å². The molecule has 0 aliphatic carbocycles. The van der Waals surface area contributed by atoms with Crippen LogP contribution in [0.4, 0.5) is 21.6 Å². The average Bonchev–Trinajstić information content (AvgIpc) is 3.03. The predicted molar refractivity (Wildman–Crippen MR) is 92.9 cm³/mol. The SMILES string of the molecule is CN(C)c1nnc(N=Nc2ccc(N(CCO)CCO)cc2O)s1. The molecule has 0 bridgehead atoms. The molecular formula is C14H20N6O3S. The standard InChI is InChI=1S/C14H20N6O3S/c1-19(2)14-18-17-13(24-14)16-15-11-4-3-10(9-12(11)23)20(5-7-21)6-8-22/h3-4,9,21-23H,5-8H2,1-2H3. The molecule has 0 unspecified atom stereocenters. The Bertz CT molecular complexity index is 685. The second-order valence-electron chi connectivity index (χ2n) is 5.07. The highest BCUT2D eigenvalue weighted by molar-refractivity contribution is 7.18. The Labute approximate surface area is 143 Å². The number of phenols is 1. The third kappa shape index (κ3) is 4.60. The lowest BCUT2D eigenvalue weighted by atomic mass is 10.2. The molecule has 24 heavy (non-hydrogen) atoms. The number of aromatic hydroxyl groups is 1. The molecule has 9 nitrogen and oxygen atoms in total. The van der Waals surface area contributed by atoms with Gasteiger partial charge in [-0.3, -0.25) is 0 Å². The molecule has 1 aromatic carbocycles. The molecule has 2 rings (SSSR count). The van der Waals surface area contributed by atoms with E-state index in [0.29, 0.717) is 34.7 Å². The van der Waals surface area contributed by atoms with Gasteiger partial charge < -0.3 is 25.1 Å². The lowest BCUT2D eigenvalue weighted by Crippen LogP contribution is -2.29. The van der Waals surface area contributed by atoms with Crippen molar-refractivity contribution >= 4 is 33.0 Å². The van der Waals surface area contributed by atoms with Crippen molar-refractivity contribution in [2.24, 2.45) is 10.2 Å². The Morgan fingerprint density at radius 3 is 2.33 bits per heavy atom. The van der Waals surface area contributed by atoms with Crippen molar-refractivity contribution in [1.29, 1.82) is 0 Å². The van der Waals surface area contributed by atoms with E-state index in [-0.39, 0.29) is 19.0 Å². The van der Waals surface area contributed by atoms with Gasteiger partial charge in [-0.2, -0.15) is 0 Å². The van der Waals surface area contributed by atoms with Gasteiger partial charge in [-0.25, -0.2) is 0 Å². The Kier molecular flexibility index (Phi) is 6.41. The second-order valence-corrected chi connectivity index (χ2v) is 6.00. The number of hydrogen-bond acceptors (Lipinski definition) is 10. The van der Waals surface area contributed by atoms with Crippen LogP contribution in [0.15, 0.2) is 28.4 Å². The van der Waals surface area contributed by atoms with Gasteiger partial charge in [0.1, 0.15) is 11.4 Å². The fraction of sp³-hybridized carbons (Fsp3) is 0.429. The molecule has 0 radical (unpaired) electrons. The Balaban J connectivity index is 2.15. The molecular weight excluding hydrogens is 332 g/mol. The van der Waals surface area contributed by atoms with Crippen LogP contribution in [0, 0.1) is 0 Å². The number of nitrogens with zero attached hydrogens (tertiary/aromatic N) is 6. The van der Waals surface area contributed by atoms with Crippen LogP contribution in [0.1, 0.15) is 0 Å². The number of aliphatic hydroxyl groups is 2. The summed E-state index contributed by atoms with van der Waals surface area (Å²) in [7, 11) is 3.72. The number of phenolic OH excluding ortho intramolecular Hbond substituents is 1.